The number of methoxy groups -OCH3 is 1. The van der Waals surface area contributed by atoms with E-state index in [9.17, 15) is 13.2 Å². The third-order valence-corrected chi connectivity index (χ3v) is 4.57. The number of anilines is 1. The minimum Gasteiger partial charge on any atom is -0.465 e. The van der Waals surface area contributed by atoms with E-state index in [0.717, 1.165) is 0 Å². The summed E-state index contributed by atoms with van der Waals surface area (Å²) in [6, 6.07) is 10.0. The molecule has 0 saturated heterocycles. The molecule has 0 atom stereocenters. The minimum absolute atomic E-state index is 0.0642. The van der Waals surface area contributed by atoms with Crippen LogP contribution in [0.3, 0.4) is 0 Å². The van der Waals surface area contributed by atoms with E-state index in [1.165, 1.54) is 43.5 Å². The van der Waals surface area contributed by atoms with Crippen LogP contribution in [0.15, 0.2) is 47.4 Å². The van der Waals surface area contributed by atoms with Gasteiger partial charge in [0.2, 0.25) is 0 Å². The predicted octanol–water partition coefficient (Wildman–Crippen LogP) is 3.58. The summed E-state index contributed by atoms with van der Waals surface area (Å²) in [5.41, 5.74) is 0.128. The van der Waals surface area contributed by atoms with Crippen LogP contribution < -0.4 is 4.72 Å². The first-order valence-corrected chi connectivity index (χ1v) is 8.23. The predicted molar refractivity (Wildman–Crippen MR) is 85.1 cm³/mol. The minimum atomic E-state index is -4.00. The Labute approximate surface area is 137 Å². The van der Waals surface area contributed by atoms with E-state index in [4.69, 9.17) is 23.2 Å². The molecule has 116 valence electrons. The lowest BCUT2D eigenvalue weighted by atomic mass is 10.2. The molecule has 0 spiro atoms. The fraction of sp³-hybridized carbons (Fsp3) is 0.0714. The van der Waals surface area contributed by atoms with Gasteiger partial charge in [0.15, 0.2) is 0 Å². The van der Waals surface area contributed by atoms with Gasteiger partial charge in [0.25, 0.3) is 10.0 Å². The maximum atomic E-state index is 12.5. The lowest BCUT2D eigenvalue weighted by molar-refractivity contribution is 0.0596. The van der Waals surface area contributed by atoms with Gasteiger partial charge in [0, 0.05) is 10.0 Å². The first-order chi connectivity index (χ1) is 10.3. The second kappa shape index (κ2) is 6.56. The molecule has 0 unspecified atom stereocenters. The van der Waals surface area contributed by atoms with E-state index >= 15 is 0 Å². The monoisotopic (exact) mass is 359 g/mol. The summed E-state index contributed by atoms with van der Waals surface area (Å²) in [7, 11) is -2.82. The summed E-state index contributed by atoms with van der Waals surface area (Å²) in [5, 5.41) is 0.568. The van der Waals surface area contributed by atoms with Crippen molar-refractivity contribution in [2.24, 2.45) is 0 Å². The molecule has 5 nitrogen and oxygen atoms in total. The molecule has 0 saturated carbocycles. The molecule has 0 bridgehead atoms. The van der Waals surface area contributed by atoms with E-state index in [1.807, 2.05) is 0 Å². The van der Waals surface area contributed by atoms with Gasteiger partial charge in [-0.2, -0.15) is 0 Å². The summed E-state index contributed by atoms with van der Waals surface area (Å²) >= 11 is 11.7. The molecule has 2 rings (SSSR count). The van der Waals surface area contributed by atoms with Crippen molar-refractivity contribution in [3.63, 3.8) is 0 Å². The average Bonchev–Trinajstić information content (AvgIpc) is 2.44. The fourth-order valence-corrected chi connectivity index (χ4v) is 3.57. The van der Waals surface area contributed by atoms with Crippen molar-refractivity contribution >= 4 is 44.9 Å². The number of rotatable bonds is 4. The van der Waals surface area contributed by atoms with Crippen molar-refractivity contribution in [1.29, 1.82) is 0 Å². The zero-order valence-electron chi connectivity index (χ0n) is 11.3. The Morgan fingerprint density at radius 3 is 2.27 bits per heavy atom. The highest BCUT2D eigenvalue weighted by atomic mass is 35.5. The molecule has 2 aromatic carbocycles. The van der Waals surface area contributed by atoms with Crippen molar-refractivity contribution < 1.29 is 17.9 Å². The Bertz CT molecular complexity index is 801. The molecular formula is C14H11Cl2NO4S. The summed E-state index contributed by atoms with van der Waals surface area (Å²) in [6.45, 7) is 0. The largest absolute Gasteiger partial charge is 0.465 e. The van der Waals surface area contributed by atoms with Gasteiger partial charge in [-0.25, -0.2) is 13.2 Å². The van der Waals surface area contributed by atoms with Crippen LogP contribution in [0.1, 0.15) is 10.4 Å². The fourth-order valence-electron chi connectivity index (χ4n) is 1.80. The molecule has 0 amide bonds. The number of hydrogen-bond donors (Lipinski definition) is 1. The van der Waals surface area contributed by atoms with Crippen molar-refractivity contribution in [1.82, 2.24) is 0 Å². The van der Waals surface area contributed by atoms with Gasteiger partial charge in [-0.05, 0) is 30.3 Å². The Morgan fingerprint density at radius 2 is 1.68 bits per heavy atom. The first-order valence-electron chi connectivity index (χ1n) is 6.00. The van der Waals surface area contributed by atoms with Gasteiger partial charge in [-0.1, -0.05) is 35.3 Å². The molecule has 0 aliphatic rings. The van der Waals surface area contributed by atoms with E-state index < -0.39 is 16.0 Å². The van der Waals surface area contributed by atoms with E-state index in [-0.39, 0.29) is 26.2 Å². The molecule has 0 heterocycles. The molecular weight excluding hydrogens is 349 g/mol. The maximum absolute atomic E-state index is 12.5. The van der Waals surface area contributed by atoms with Crippen LogP contribution in [0.2, 0.25) is 10.0 Å². The Morgan fingerprint density at radius 1 is 1.09 bits per heavy atom. The van der Waals surface area contributed by atoms with Gasteiger partial charge in [0.05, 0.1) is 18.4 Å². The summed E-state index contributed by atoms with van der Waals surface area (Å²) in [5.74, 6) is -0.745. The lowest BCUT2D eigenvalue weighted by Gasteiger charge is -2.11. The van der Waals surface area contributed by atoms with Crippen molar-refractivity contribution in [3.05, 3.63) is 58.1 Å². The second-order valence-corrected chi connectivity index (χ2v) is 6.78. The number of ether oxygens (including phenoxy) is 1. The van der Waals surface area contributed by atoms with Crippen LogP contribution in [0, 0.1) is 0 Å². The number of nitrogens with one attached hydrogen (secondary N) is 1. The van der Waals surface area contributed by atoms with Crippen molar-refractivity contribution in [2.75, 3.05) is 11.8 Å². The van der Waals surface area contributed by atoms with Gasteiger partial charge in [-0.3, -0.25) is 4.72 Å². The molecule has 1 N–H and O–H groups in total. The highest BCUT2D eigenvalue weighted by Gasteiger charge is 2.22. The van der Waals surface area contributed by atoms with Gasteiger partial charge < -0.3 is 4.74 Å². The Balaban J connectivity index is 2.45. The molecule has 0 aliphatic carbocycles. The van der Waals surface area contributed by atoms with Crippen LogP contribution >= 0.6 is 23.2 Å². The van der Waals surface area contributed by atoms with Crippen LogP contribution in [0.25, 0.3) is 0 Å². The quantitative estimate of drug-likeness (QED) is 0.846. The average molecular weight is 360 g/mol. The zero-order chi connectivity index (χ0) is 16.3. The normalized spacial score (nSPS) is 11.0. The van der Waals surface area contributed by atoms with E-state index in [0.29, 0.717) is 0 Å². The summed E-state index contributed by atoms with van der Waals surface area (Å²) in [6.07, 6.45) is 0. The van der Waals surface area contributed by atoms with E-state index in [1.54, 1.807) is 6.07 Å². The molecule has 0 aromatic heterocycles. The van der Waals surface area contributed by atoms with Crippen molar-refractivity contribution in [2.45, 2.75) is 4.90 Å². The van der Waals surface area contributed by atoms with Gasteiger partial charge >= 0.3 is 5.97 Å². The topological polar surface area (TPSA) is 72.5 Å². The molecule has 0 aliphatic heterocycles. The van der Waals surface area contributed by atoms with Crippen LogP contribution in [0.4, 0.5) is 5.69 Å². The number of esters is 1. The smallest absolute Gasteiger partial charge is 0.339 e. The third-order valence-electron chi connectivity index (χ3n) is 2.70. The SMILES string of the molecule is COC(=O)c1ccccc1S(=O)(=O)Nc1cc(Cl)cc(Cl)c1. The number of carbonyl (C=O) groups excluding carboxylic acids is 1. The maximum Gasteiger partial charge on any atom is 0.339 e. The summed E-state index contributed by atoms with van der Waals surface area (Å²) in [4.78, 5) is 11.5. The second-order valence-electron chi connectivity index (χ2n) is 4.25. The Hall–Kier alpha value is -1.76. The van der Waals surface area contributed by atoms with Crippen LogP contribution in [-0.4, -0.2) is 21.5 Å². The van der Waals surface area contributed by atoms with Crippen LogP contribution in [0.5, 0.6) is 0 Å². The lowest BCUT2D eigenvalue weighted by Crippen LogP contribution is -2.17. The van der Waals surface area contributed by atoms with Gasteiger partial charge in [-0.15, -0.1) is 0 Å². The van der Waals surface area contributed by atoms with Crippen molar-refractivity contribution in [3.8, 4) is 0 Å². The molecule has 22 heavy (non-hydrogen) atoms. The third kappa shape index (κ3) is 3.71. The molecule has 0 radical (unpaired) electrons. The Kier molecular flexibility index (Phi) is 4.95. The highest BCUT2D eigenvalue weighted by molar-refractivity contribution is 7.92. The van der Waals surface area contributed by atoms with Crippen LogP contribution in [-0.2, 0) is 14.8 Å². The standard InChI is InChI=1S/C14H11Cl2NO4S/c1-21-14(18)12-4-2-3-5-13(12)22(19,20)17-11-7-9(15)6-10(16)8-11/h2-8,17H,1H3. The zero-order valence-corrected chi connectivity index (χ0v) is 13.7. The number of hydrogen-bond acceptors (Lipinski definition) is 4. The number of sulfonamides is 1. The number of halogens is 2. The highest BCUT2D eigenvalue weighted by Crippen LogP contribution is 2.25. The number of benzene rings is 2. The molecule has 8 heteroatoms. The molecule has 2 aromatic rings. The van der Waals surface area contributed by atoms with E-state index in [2.05, 4.69) is 9.46 Å². The summed E-state index contributed by atoms with van der Waals surface area (Å²) < 4.78 is 31.8. The van der Waals surface area contributed by atoms with Gasteiger partial charge in [0.1, 0.15) is 4.90 Å². The first kappa shape index (κ1) is 16.6. The molecule has 0 fully saturated rings. The number of carbonyl (C=O) groups is 1.